The molecule has 0 bridgehead atoms. The molecular formula is C18H28N2O6S2. The third kappa shape index (κ3) is 7.16. The van der Waals surface area contributed by atoms with Gasteiger partial charge in [0.2, 0.25) is 10.0 Å². The number of nitrogens with one attached hydrogen (secondary N) is 2. The van der Waals surface area contributed by atoms with Gasteiger partial charge in [-0.05, 0) is 37.0 Å². The Morgan fingerprint density at radius 2 is 2.07 bits per heavy atom. The van der Waals surface area contributed by atoms with Crippen LogP contribution in [-0.2, 0) is 24.6 Å². The van der Waals surface area contributed by atoms with Gasteiger partial charge in [-0.3, -0.25) is 4.79 Å². The van der Waals surface area contributed by atoms with Gasteiger partial charge >= 0.3 is 0 Å². The highest BCUT2D eigenvalue weighted by Crippen LogP contribution is 2.17. The van der Waals surface area contributed by atoms with Crippen LogP contribution < -0.4 is 10.0 Å². The molecule has 1 saturated heterocycles. The SMILES string of the molecule is CC(C)COCCCNC(=O)c1cccc(S(=O)(=O)NC2CCS(=O)(=O)C2)c1. The van der Waals surface area contributed by atoms with Crippen LogP contribution in [0, 0.1) is 5.92 Å². The van der Waals surface area contributed by atoms with E-state index >= 15 is 0 Å². The maximum absolute atomic E-state index is 12.5. The fraction of sp³-hybridized carbons (Fsp3) is 0.611. The van der Waals surface area contributed by atoms with Crippen molar-refractivity contribution in [2.24, 2.45) is 5.92 Å². The van der Waals surface area contributed by atoms with Gasteiger partial charge in [-0.15, -0.1) is 0 Å². The van der Waals surface area contributed by atoms with Crippen molar-refractivity contribution in [3.63, 3.8) is 0 Å². The van der Waals surface area contributed by atoms with Crippen molar-refractivity contribution in [2.75, 3.05) is 31.3 Å². The smallest absolute Gasteiger partial charge is 0.251 e. The molecule has 2 N–H and O–H groups in total. The fourth-order valence-corrected chi connectivity index (χ4v) is 5.87. The van der Waals surface area contributed by atoms with E-state index in [-0.39, 0.29) is 34.3 Å². The van der Waals surface area contributed by atoms with E-state index in [1.54, 1.807) is 0 Å². The van der Waals surface area contributed by atoms with Crippen molar-refractivity contribution in [1.82, 2.24) is 10.0 Å². The third-order valence-electron chi connectivity index (χ3n) is 4.16. The maximum Gasteiger partial charge on any atom is 0.251 e. The van der Waals surface area contributed by atoms with Gasteiger partial charge in [0.25, 0.3) is 5.91 Å². The number of carbonyl (C=O) groups excluding carboxylic acids is 1. The lowest BCUT2D eigenvalue weighted by atomic mass is 10.2. The van der Waals surface area contributed by atoms with Crippen LogP contribution >= 0.6 is 0 Å². The number of rotatable bonds is 10. The first-order valence-corrected chi connectivity index (χ1v) is 12.6. The Bertz CT molecular complexity index is 881. The summed E-state index contributed by atoms with van der Waals surface area (Å²) in [5.41, 5.74) is 0.227. The lowest BCUT2D eigenvalue weighted by Gasteiger charge is -2.12. The van der Waals surface area contributed by atoms with Gasteiger partial charge in [-0.2, -0.15) is 0 Å². The molecule has 0 aromatic heterocycles. The molecule has 28 heavy (non-hydrogen) atoms. The lowest BCUT2D eigenvalue weighted by molar-refractivity contribution is 0.0924. The molecule has 1 unspecified atom stereocenters. The zero-order chi connectivity index (χ0) is 20.8. The summed E-state index contributed by atoms with van der Waals surface area (Å²) in [6.45, 7) is 5.75. The number of hydrogen-bond acceptors (Lipinski definition) is 6. The van der Waals surface area contributed by atoms with Crippen LogP contribution in [0.25, 0.3) is 0 Å². The number of carbonyl (C=O) groups is 1. The molecule has 1 aromatic rings. The second-order valence-electron chi connectivity index (χ2n) is 7.33. The van der Waals surface area contributed by atoms with Gasteiger partial charge in [0, 0.05) is 31.4 Å². The Hall–Kier alpha value is -1.49. The molecule has 10 heteroatoms. The van der Waals surface area contributed by atoms with E-state index in [9.17, 15) is 21.6 Å². The minimum Gasteiger partial charge on any atom is -0.381 e. The van der Waals surface area contributed by atoms with Crippen molar-refractivity contribution in [3.8, 4) is 0 Å². The van der Waals surface area contributed by atoms with E-state index in [1.165, 1.54) is 24.3 Å². The predicted molar refractivity (Wildman–Crippen MR) is 106 cm³/mol. The first-order chi connectivity index (χ1) is 13.1. The molecule has 1 aliphatic heterocycles. The summed E-state index contributed by atoms with van der Waals surface area (Å²) in [6, 6.07) is 5.04. The van der Waals surface area contributed by atoms with Crippen molar-refractivity contribution >= 4 is 25.8 Å². The molecule has 1 aromatic carbocycles. The second kappa shape index (κ2) is 9.82. The van der Waals surface area contributed by atoms with Crippen LogP contribution in [0.4, 0.5) is 0 Å². The average Bonchev–Trinajstić information content (AvgIpc) is 2.95. The van der Waals surface area contributed by atoms with E-state index in [0.29, 0.717) is 32.1 Å². The number of ether oxygens (including phenoxy) is 1. The first-order valence-electron chi connectivity index (χ1n) is 9.28. The van der Waals surface area contributed by atoms with Crippen molar-refractivity contribution in [3.05, 3.63) is 29.8 Å². The molecule has 1 heterocycles. The average molecular weight is 433 g/mol. The summed E-state index contributed by atoms with van der Waals surface area (Å²) in [5.74, 6) is -0.143. The molecule has 2 rings (SSSR count). The summed E-state index contributed by atoms with van der Waals surface area (Å²) in [5, 5.41) is 2.74. The molecule has 0 saturated carbocycles. The van der Waals surface area contributed by atoms with Gasteiger partial charge in [-0.25, -0.2) is 21.6 Å². The topological polar surface area (TPSA) is 119 Å². The zero-order valence-corrected chi connectivity index (χ0v) is 17.8. The highest BCUT2D eigenvalue weighted by atomic mass is 32.2. The van der Waals surface area contributed by atoms with E-state index < -0.39 is 25.9 Å². The Labute approximate surface area is 167 Å². The minimum atomic E-state index is -3.91. The van der Waals surface area contributed by atoms with Crippen LogP contribution in [0.3, 0.4) is 0 Å². The predicted octanol–water partition coefficient (Wildman–Crippen LogP) is 0.945. The summed E-state index contributed by atoms with van der Waals surface area (Å²) in [4.78, 5) is 12.2. The van der Waals surface area contributed by atoms with Gasteiger partial charge in [-0.1, -0.05) is 19.9 Å². The molecule has 1 aliphatic rings. The van der Waals surface area contributed by atoms with Crippen molar-refractivity contribution in [1.29, 1.82) is 0 Å². The number of sulfonamides is 1. The van der Waals surface area contributed by atoms with Crippen LogP contribution in [0.5, 0.6) is 0 Å². The molecular weight excluding hydrogens is 404 g/mol. The van der Waals surface area contributed by atoms with Gasteiger partial charge < -0.3 is 10.1 Å². The van der Waals surface area contributed by atoms with E-state index in [0.717, 1.165) is 0 Å². The Kier molecular flexibility index (Phi) is 7.99. The van der Waals surface area contributed by atoms with Crippen LogP contribution in [0.1, 0.15) is 37.0 Å². The van der Waals surface area contributed by atoms with Gasteiger partial charge in [0.15, 0.2) is 9.84 Å². The highest BCUT2D eigenvalue weighted by Gasteiger charge is 2.31. The molecule has 1 atom stereocenters. The monoisotopic (exact) mass is 432 g/mol. The largest absolute Gasteiger partial charge is 0.381 e. The molecule has 8 nitrogen and oxygen atoms in total. The van der Waals surface area contributed by atoms with E-state index in [1.807, 2.05) is 0 Å². The highest BCUT2D eigenvalue weighted by molar-refractivity contribution is 7.92. The maximum atomic E-state index is 12.5. The molecule has 0 spiro atoms. The van der Waals surface area contributed by atoms with Crippen LogP contribution in [-0.4, -0.2) is 60.0 Å². The summed E-state index contributed by atoms with van der Waals surface area (Å²) < 4.78 is 55.9. The molecule has 158 valence electrons. The standard InChI is InChI=1S/C18H28N2O6S2/c1-14(2)12-26-9-4-8-19-18(21)15-5-3-6-17(11-15)28(24,25)20-16-7-10-27(22,23)13-16/h3,5-6,11,14,16,20H,4,7-10,12-13H2,1-2H3,(H,19,21). The summed E-state index contributed by atoms with van der Waals surface area (Å²) >= 11 is 0. The Morgan fingerprint density at radius 1 is 1.32 bits per heavy atom. The van der Waals surface area contributed by atoms with Crippen LogP contribution in [0.15, 0.2) is 29.2 Å². The van der Waals surface area contributed by atoms with Crippen LogP contribution in [0.2, 0.25) is 0 Å². The van der Waals surface area contributed by atoms with E-state index in [2.05, 4.69) is 23.9 Å². The van der Waals surface area contributed by atoms with Gasteiger partial charge in [0.1, 0.15) is 0 Å². The summed E-state index contributed by atoms with van der Waals surface area (Å²) in [6.07, 6.45) is 0.911. The van der Waals surface area contributed by atoms with Gasteiger partial charge in [0.05, 0.1) is 16.4 Å². The lowest BCUT2D eigenvalue weighted by Crippen LogP contribution is -2.35. The normalized spacial score (nSPS) is 19.0. The minimum absolute atomic E-state index is 0.0243. The molecule has 0 radical (unpaired) electrons. The number of benzene rings is 1. The quantitative estimate of drug-likeness (QED) is 0.531. The number of sulfone groups is 1. The third-order valence-corrected chi connectivity index (χ3v) is 7.45. The first kappa shape index (κ1) is 22.8. The molecule has 0 aliphatic carbocycles. The molecule has 1 amide bonds. The summed E-state index contributed by atoms with van der Waals surface area (Å²) in [7, 11) is -7.10. The Balaban J connectivity index is 1.90. The second-order valence-corrected chi connectivity index (χ2v) is 11.3. The van der Waals surface area contributed by atoms with Crippen molar-refractivity contribution < 1.29 is 26.4 Å². The number of amides is 1. The van der Waals surface area contributed by atoms with Crippen molar-refractivity contribution in [2.45, 2.75) is 37.6 Å². The Morgan fingerprint density at radius 3 is 2.71 bits per heavy atom. The molecule has 1 fully saturated rings. The fourth-order valence-electron chi connectivity index (χ4n) is 2.78. The zero-order valence-electron chi connectivity index (χ0n) is 16.2. The van der Waals surface area contributed by atoms with E-state index in [4.69, 9.17) is 4.74 Å². The number of hydrogen-bond donors (Lipinski definition) is 2.